The number of carbonyl (C=O) groups excluding carboxylic acids is 2. The summed E-state index contributed by atoms with van der Waals surface area (Å²) in [6.07, 6.45) is -4.80. The van der Waals surface area contributed by atoms with E-state index in [0.29, 0.717) is 50.3 Å². The van der Waals surface area contributed by atoms with E-state index < -0.39 is 68.7 Å². The van der Waals surface area contributed by atoms with Crippen molar-refractivity contribution in [1.29, 1.82) is 0 Å². The molecule has 0 bridgehead atoms. The third-order valence-electron chi connectivity index (χ3n) is 15.4. The maximum atomic E-state index is 13.8. The lowest BCUT2D eigenvalue weighted by Crippen LogP contribution is -2.51. The lowest BCUT2D eigenvalue weighted by molar-refractivity contribution is 0.0270. The van der Waals surface area contributed by atoms with E-state index in [2.05, 4.69) is 10.6 Å². The Morgan fingerprint density at radius 3 is 1.33 bits per heavy atom. The van der Waals surface area contributed by atoms with Crippen molar-refractivity contribution in [1.82, 2.24) is 19.2 Å². The Morgan fingerprint density at radius 1 is 0.529 bits per heavy atom. The molecule has 0 unspecified atom stereocenters. The van der Waals surface area contributed by atoms with Crippen molar-refractivity contribution in [2.45, 2.75) is 106 Å². The number of nitrogens with one attached hydrogen (secondary N) is 2. The highest BCUT2D eigenvalue weighted by Gasteiger charge is 2.45. The molecule has 24 heteroatoms. The molecule has 0 aliphatic carbocycles. The first-order valence-corrected chi connectivity index (χ1v) is 32.1. The van der Waals surface area contributed by atoms with Crippen LogP contribution in [0.25, 0.3) is 0 Å². The molecule has 22 nitrogen and oxygen atoms in total. The molecule has 5 aromatic carbocycles. The van der Waals surface area contributed by atoms with E-state index in [0.717, 1.165) is 16.7 Å². The number of hydrogen-bond acceptors (Lipinski definition) is 18. The largest absolute Gasteiger partial charge is 0.508 e. The van der Waals surface area contributed by atoms with Crippen molar-refractivity contribution in [3.8, 4) is 23.0 Å². The predicted octanol–water partition coefficient (Wildman–Crippen LogP) is 6.19. The first kappa shape index (κ1) is 66.4. The van der Waals surface area contributed by atoms with Crippen molar-refractivity contribution < 1.29 is 84.4 Å². The van der Waals surface area contributed by atoms with Gasteiger partial charge in [0.15, 0.2) is 0 Å². The van der Waals surface area contributed by atoms with Gasteiger partial charge in [-0.2, -0.15) is 8.61 Å². The van der Waals surface area contributed by atoms with Gasteiger partial charge in [-0.15, -0.1) is 0 Å². The van der Waals surface area contributed by atoms with Gasteiger partial charge in [-0.25, -0.2) is 26.4 Å². The van der Waals surface area contributed by atoms with Gasteiger partial charge in [0.2, 0.25) is 20.0 Å². The van der Waals surface area contributed by atoms with Crippen molar-refractivity contribution in [3.63, 3.8) is 0 Å². The Balaban J connectivity index is 0.000000229. The van der Waals surface area contributed by atoms with Crippen LogP contribution in [0.4, 0.5) is 9.59 Å². The quantitative estimate of drug-likeness (QED) is 0.0392. The molecule has 0 aromatic heterocycles. The number of amides is 2. The zero-order valence-corrected chi connectivity index (χ0v) is 51.6. The Hall–Kier alpha value is -6.58. The summed E-state index contributed by atoms with van der Waals surface area (Å²) in [7, 11) is -4.96. The molecule has 87 heavy (non-hydrogen) atoms. The van der Waals surface area contributed by atoms with Crippen molar-refractivity contribution >= 4 is 32.2 Å². The van der Waals surface area contributed by atoms with Crippen molar-refractivity contribution in [2.75, 3.05) is 80.0 Å². The van der Waals surface area contributed by atoms with Gasteiger partial charge in [0.1, 0.15) is 41.8 Å². The number of fused-ring (bicyclic) bond motifs is 2. The third-order valence-corrected chi connectivity index (χ3v) is 19.1. The summed E-state index contributed by atoms with van der Waals surface area (Å²) in [5.41, 5.74) is 2.58. The smallest absolute Gasteiger partial charge is 0.407 e. The summed E-state index contributed by atoms with van der Waals surface area (Å²) in [6, 6.07) is 34.0. The Kier molecular flexibility index (Phi) is 23.7. The summed E-state index contributed by atoms with van der Waals surface area (Å²) in [5, 5.41) is 38.2. The number of benzene rings is 5. The summed E-state index contributed by atoms with van der Waals surface area (Å²) >= 11 is 0. The average Bonchev–Trinajstić information content (AvgIpc) is 2.68. The fourth-order valence-corrected chi connectivity index (χ4v) is 13.9. The van der Waals surface area contributed by atoms with E-state index in [1.807, 2.05) is 82.3 Å². The van der Waals surface area contributed by atoms with Crippen molar-refractivity contribution in [3.05, 3.63) is 144 Å². The first-order chi connectivity index (χ1) is 41.7. The molecule has 474 valence electrons. The molecule has 4 heterocycles. The van der Waals surface area contributed by atoms with E-state index in [4.69, 9.17) is 42.6 Å². The van der Waals surface area contributed by atoms with Gasteiger partial charge in [0, 0.05) is 26.2 Å². The molecule has 4 aliphatic rings. The molecule has 0 spiro atoms. The van der Waals surface area contributed by atoms with Crippen LogP contribution in [-0.4, -0.2) is 182 Å². The standard InChI is InChI=1S/C35H44N2O9S.C28H38N2O9S/c1-24(2)18-37(47(40,41)29-15-13-27(42-3)14-16-29)19-32(38)31(36-35(39)46-34-23-45-33-22-43-21-30(33)34)17-25-9-11-28(12-10-25)44-20-26-7-5-4-6-8-26;1-18(2)13-30(40(34,35)22-10-8-21(36-3)9-11-22)14-25(32)24(12-19-4-6-20(31)7-5-19)29-28(33)39-27-17-38-26-16-37-15-23(26)27/h4-16,24,30-34,38H,17-23H2,1-3H3,(H,36,39);4-11,18,23-27,31-32H,12-17H2,1-3H3,(H,29,33)/t30-,31+,32-,33+,34+;23-,24+,25-,26+,27+/m11/s1. The molecule has 0 saturated carbocycles. The van der Waals surface area contributed by atoms with Gasteiger partial charge < -0.3 is 68.6 Å². The fourth-order valence-electron chi connectivity index (χ4n) is 10.7. The summed E-state index contributed by atoms with van der Waals surface area (Å²) in [5.74, 6) is 1.64. The highest BCUT2D eigenvalue weighted by atomic mass is 32.2. The topological polar surface area (TPSA) is 277 Å². The molecule has 4 aliphatic heterocycles. The monoisotopic (exact) mass is 1250 g/mol. The number of phenolic OH excluding ortho intramolecular Hbond substituents is 1. The molecule has 5 N–H and O–H groups in total. The number of nitrogens with zero attached hydrogens (tertiary/aromatic N) is 2. The number of alkyl carbamates (subject to hydrolysis) is 2. The number of aliphatic hydroxyl groups is 2. The van der Waals surface area contributed by atoms with Crippen LogP contribution in [-0.2, 0) is 67.9 Å². The van der Waals surface area contributed by atoms with E-state index in [9.17, 15) is 41.7 Å². The summed E-state index contributed by atoms with van der Waals surface area (Å²) < 4.78 is 107. The lowest BCUT2D eigenvalue weighted by atomic mass is 10.0. The number of sulfonamides is 2. The molecule has 4 fully saturated rings. The maximum Gasteiger partial charge on any atom is 0.407 e. The second kappa shape index (κ2) is 31.0. The molecule has 5 aromatic rings. The third kappa shape index (κ3) is 18.5. The number of rotatable bonds is 27. The van der Waals surface area contributed by atoms with Crippen LogP contribution in [0.15, 0.2) is 137 Å². The van der Waals surface area contributed by atoms with Gasteiger partial charge in [-0.1, -0.05) is 82.3 Å². The van der Waals surface area contributed by atoms with Gasteiger partial charge >= 0.3 is 12.2 Å². The molecule has 4 saturated heterocycles. The Labute approximate surface area is 510 Å². The number of aromatic hydroxyl groups is 1. The molecule has 2 amide bonds. The minimum atomic E-state index is -3.99. The number of carbonyl (C=O) groups is 2. The minimum absolute atomic E-state index is 0.0287. The summed E-state index contributed by atoms with van der Waals surface area (Å²) in [6.45, 7) is 10.2. The average molecular weight is 1250 g/mol. The number of hydrogen-bond donors (Lipinski definition) is 5. The Bertz CT molecular complexity index is 3180. The zero-order chi connectivity index (χ0) is 62.3. The lowest BCUT2D eigenvalue weighted by Gasteiger charge is -2.31. The van der Waals surface area contributed by atoms with Crippen LogP contribution >= 0.6 is 0 Å². The Morgan fingerprint density at radius 2 is 0.931 bits per heavy atom. The summed E-state index contributed by atoms with van der Waals surface area (Å²) in [4.78, 5) is 26.3. The number of phenols is 1. The maximum absolute atomic E-state index is 13.8. The number of aliphatic hydroxyl groups excluding tert-OH is 2. The van der Waals surface area contributed by atoms with Crippen LogP contribution in [0.3, 0.4) is 0 Å². The van der Waals surface area contributed by atoms with Crippen LogP contribution in [0.1, 0.15) is 44.4 Å². The van der Waals surface area contributed by atoms with E-state index in [1.165, 1.54) is 59.2 Å². The first-order valence-electron chi connectivity index (χ1n) is 29.2. The number of methoxy groups -OCH3 is 2. The van der Waals surface area contributed by atoms with E-state index >= 15 is 0 Å². The van der Waals surface area contributed by atoms with Gasteiger partial charge in [0.25, 0.3) is 0 Å². The molecule has 0 radical (unpaired) electrons. The van der Waals surface area contributed by atoms with Gasteiger partial charge in [-0.05, 0) is 114 Å². The fraction of sp³-hybridized carbons (Fsp3) is 0.492. The number of ether oxygens (including phenoxy) is 9. The molecular weight excluding hydrogens is 1160 g/mol. The van der Waals surface area contributed by atoms with Gasteiger partial charge in [-0.3, -0.25) is 0 Å². The molecular formula is C63H82N4O18S2. The second-order valence-corrected chi connectivity index (χ2v) is 26.8. The van der Waals surface area contributed by atoms with Crippen molar-refractivity contribution in [2.24, 2.45) is 23.7 Å². The normalized spacial score (nSPS) is 21.3. The van der Waals surface area contributed by atoms with Crippen LogP contribution in [0, 0.1) is 23.7 Å². The minimum Gasteiger partial charge on any atom is -0.508 e. The molecule has 9 rings (SSSR count). The SMILES string of the molecule is COc1ccc(S(=O)(=O)N(CC(C)C)C[C@@H](O)[C@H](Cc2ccc(O)cc2)NC(=O)O[C@H]2CO[C@H]3COC[C@H]32)cc1.COc1ccc(S(=O)(=O)N(CC(C)C)C[C@@H](O)[C@H](Cc2ccc(OCc3ccccc3)cc2)NC(=O)O[C@H]2CO[C@H]3COC[C@H]32)cc1. The predicted molar refractivity (Wildman–Crippen MR) is 320 cm³/mol. The molecule has 10 atom stereocenters. The highest BCUT2D eigenvalue weighted by Crippen LogP contribution is 2.32. The van der Waals surface area contributed by atoms with E-state index in [-0.39, 0.29) is 104 Å². The van der Waals surface area contributed by atoms with Crippen LogP contribution in [0.2, 0.25) is 0 Å². The van der Waals surface area contributed by atoms with Gasteiger partial charge in [0.05, 0.1) is 112 Å². The zero-order valence-electron chi connectivity index (χ0n) is 49.9. The van der Waals surface area contributed by atoms with Crippen LogP contribution < -0.4 is 24.8 Å². The second-order valence-electron chi connectivity index (χ2n) is 22.9. The van der Waals surface area contributed by atoms with Crippen LogP contribution in [0.5, 0.6) is 23.0 Å². The van der Waals surface area contributed by atoms with E-state index in [1.54, 1.807) is 36.4 Å². The highest BCUT2D eigenvalue weighted by molar-refractivity contribution is 7.89.